The number of furan rings is 1. The van der Waals surface area contributed by atoms with Gasteiger partial charge in [0.25, 0.3) is 0 Å². The van der Waals surface area contributed by atoms with Gasteiger partial charge in [0.05, 0.1) is 6.26 Å². The maximum absolute atomic E-state index is 12.0. The van der Waals surface area contributed by atoms with E-state index in [2.05, 4.69) is 51.2 Å². The number of hydrogen-bond donors (Lipinski definition) is 2. The summed E-state index contributed by atoms with van der Waals surface area (Å²) >= 11 is 1.52. The first kappa shape index (κ1) is 26.8. The average Bonchev–Trinajstić information content (AvgIpc) is 3.22. The summed E-state index contributed by atoms with van der Waals surface area (Å²) in [4.78, 5) is 23.5. The van der Waals surface area contributed by atoms with E-state index >= 15 is 0 Å². The summed E-state index contributed by atoms with van der Waals surface area (Å²) in [6.07, 6.45) is 13.2. The molecule has 0 fully saturated rings. The Labute approximate surface area is 191 Å². The van der Waals surface area contributed by atoms with Gasteiger partial charge >= 0.3 is 5.97 Å². The molecular formula is C25H37NO4S. The fourth-order valence-electron chi connectivity index (χ4n) is 2.86. The third kappa shape index (κ3) is 13.7. The lowest BCUT2D eigenvalue weighted by Crippen LogP contribution is -2.42. The molecule has 1 aromatic rings. The number of hydrogen-bond acceptors (Lipinski definition) is 4. The molecule has 0 aliphatic carbocycles. The minimum Gasteiger partial charge on any atom is -0.480 e. The highest BCUT2D eigenvalue weighted by atomic mass is 32.2. The van der Waals surface area contributed by atoms with Crippen molar-refractivity contribution in [3.63, 3.8) is 0 Å². The Morgan fingerprint density at radius 1 is 1.06 bits per heavy atom. The smallest absolute Gasteiger partial charge is 0.327 e. The Bertz CT molecular complexity index is 758. The molecule has 0 spiro atoms. The average molecular weight is 448 g/mol. The lowest BCUT2D eigenvalue weighted by molar-refractivity contribution is -0.141. The molecule has 0 saturated carbocycles. The molecule has 0 aromatic carbocycles. The van der Waals surface area contributed by atoms with Crippen LogP contribution in [-0.4, -0.2) is 34.5 Å². The van der Waals surface area contributed by atoms with Gasteiger partial charge < -0.3 is 14.8 Å². The Morgan fingerprint density at radius 2 is 1.74 bits per heavy atom. The van der Waals surface area contributed by atoms with Gasteiger partial charge in [0, 0.05) is 24.3 Å². The molecule has 1 atom stereocenters. The van der Waals surface area contributed by atoms with Gasteiger partial charge in [-0.25, -0.2) is 4.79 Å². The first-order valence-corrected chi connectivity index (χ1v) is 12.0. The van der Waals surface area contributed by atoms with Crippen LogP contribution in [0, 0.1) is 0 Å². The second kappa shape index (κ2) is 15.6. The van der Waals surface area contributed by atoms with Gasteiger partial charge in [-0.1, -0.05) is 34.9 Å². The van der Waals surface area contributed by atoms with Crippen molar-refractivity contribution in [3.8, 4) is 0 Å². The molecule has 31 heavy (non-hydrogen) atoms. The number of carboxylic acid groups (broad SMARTS) is 1. The fraction of sp³-hybridized carbons (Fsp3) is 0.520. The van der Waals surface area contributed by atoms with E-state index in [4.69, 9.17) is 4.42 Å². The van der Waals surface area contributed by atoms with Crippen LogP contribution in [0.1, 0.15) is 65.6 Å². The second-order valence-corrected chi connectivity index (χ2v) is 9.11. The number of rotatable bonds is 15. The summed E-state index contributed by atoms with van der Waals surface area (Å²) in [5, 5.41) is 12.0. The second-order valence-electron chi connectivity index (χ2n) is 8.03. The summed E-state index contributed by atoms with van der Waals surface area (Å²) in [5.41, 5.74) is 4.09. The molecular weight excluding hydrogens is 410 g/mol. The van der Waals surface area contributed by atoms with Crippen LogP contribution in [0.2, 0.25) is 0 Å². The van der Waals surface area contributed by atoms with E-state index in [9.17, 15) is 14.7 Å². The van der Waals surface area contributed by atoms with Crippen molar-refractivity contribution in [1.29, 1.82) is 0 Å². The van der Waals surface area contributed by atoms with Crippen molar-refractivity contribution in [2.24, 2.45) is 0 Å². The van der Waals surface area contributed by atoms with E-state index in [0.717, 1.165) is 37.2 Å². The van der Waals surface area contributed by atoms with Crippen molar-refractivity contribution in [3.05, 3.63) is 59.1 Å². The number of aliphatic carboxylic acids is 1. The van der Waals surface area contributed by atoms with Crippen LogP contribution < -0.4 is 5.32 Å². The molecule has 0 bridgehead atoms. The zero-order valence-electron chi connectivity index (χ0n) is 19.3. The number of nitrogens with one attached hydrogen (secondary N) is 1. The number of carboxylic acids is 1. The predicted octanol–water partition coefficient (Wildman–Crippen LogP) is 5.93. The number of aryl methyl sites for hydroxylation is 1. The number of carbonyl (C=O) groups excluding carboxylic acids is 1. The molecule has 0 aliphatic heterocycles. The van der Waals surface area contributed by atoms with E-state index in [-0.39, 0.29) is 12.3 Å². The molecule has 0 radical (unpaired) electrons. The third-order valence-electron chi connectivity index (χ3n) is 4.77. The van der Waals surface area contributed by atoms with Crippen molar-refractivity contribution in [1.82, 2.24) is 5.32 Å². The minimum absolute atomic E-state index is 0.211. The molecule has 5 nitrogen and oxygen atoms in total. The van der Waals surface area contributed by atoms with E-state index in [1.807, 2.05) is 0 Å². The van der Waals surface area contributed by atoms with Gasteiger partial charge in [-0.15, -0.1) is 0 Å². The number of amides is 1. The van der Waals surface area contributed by atoms with Crippen LogP contribution in [0.3, 0.4) is 0 Å². The topological polar surface area (TPSA) is 79.5 Å². The lowest BCUT2D eigenvalue weighted by Gasteiger charge is -2.13. The summed E-state index contributed by atoms with van der Waals surface area (Å²) in [6, 6.07) is 2.69. The SMILES string of the molecule is CC(C)=CCCC(C)=CCCC(C)=CCSCC(NC(=O)CCc1ccco1)C(=O)O. The van der Waals surface area contributed by atoms with Gasteiger partial charge in [0.2, 0.25) is 5.91 Å². The largest absolute Gasteiger partial charge is 0.480 e. The fourth-order valence-corrected chi connectivity index (χ4v) is 3.86. The molecule has 1 heterocycles. The highest BCUT2D eigenvalue weighted by molar-refractivity contribution is 7.99. The van der Waals surface area contributed by atoms with Crippen LogP contribution in [0.5, 0.6) is 0 Å². The van der Waals surface area contributed by atoms with Gasteiger partial charge in [-0.3, -0.25) is 4.79 Å². The molecule has 2 N–H and O–H groups in total. The molecule has 1 rings (SSSR count). The molecule has 0 aliphatic rings. The van der Waals surface area contributed by atoms with E-state index in [1.165, 1.54) is 28.5 Å². The summed E-state index contributed by atoms with van der Waals surface area (Å²) in [7, 11) is 0. The molecule has 1 aromatic heterocycles. The standard InChI is InChI=1S/C25H37NO4S/c1-19(2)8-5-9-20(3)10-6-11-21(4)15-17-31-18-23(25(28)29)26-24(27)14-13-22-12-7-16-30-22/h7-8,10,12,15-16,23H,5-6,9,11,13-14,17-18H2,1-4H3,(H,26,27)(H,28,29). The van der Waals surface area contributed by atoms with Gasteiger partial charge in [-0.2, -0.15) is 11.8 Å². The van der Waals surface area contributed by atoms with Crippen LogP contribution in [0.4, 0.5) is 0 Å². The van der Waals surface area contributed by atoms with Crippen molar-refractivity contribution in [2.45, 2.75) is 72.3 Å². The van der Waals surface area contributed by atoms with Gasteiger partial charge in [0.1, 0.15) is 11.8 Å². The molecule has 1 amide bonds. The zero-order chi connectivity index (χ0) is 23.1. The maximum atomic E-state index is 12.0. The number of allylic oxidation sites excluding steroid dienone is 5. The first-order valence-electron chi connectivity index (χ1n) is 10.8. The molecule has 1 unspecified atom stereocenters. The quantitative estimate of drug-likeness (QED) is 0.257. The zero-order valence-corrected chi connectivity index (χ0v) is 20.1. The minimum atomic E-state index is -1.01. The van der Waals surface area contributed by atoms with E-state index < -0.39 is 12.0 Å². The van der Waals surface area contributed by atoms with Crippen molar-refractivity contribution >= 4 is 23.6 Å². The first-order chi connectivity index (χ1) is 14.8. The Kier molecular flexibility index (Phi) is 13.5. The Hall–Kier alpha value is -2.21. The lowest BCUT2D eigenvalue weighted by atomic mass is 10.1. The van der Waals surface area contributed by atoms with Gasteiger partial charge in [-0.05, 0) is 65.5 Å². The third-order valence-corrected chi connectivity index (χ3v) is 5.74. The highest BCUT2D eigenvalue weighted by Gasteiger charge is 2.19. The maximum Gasteiger partial charge on any atom is 0.327 e. The normalized spacial score (nSPS) is 13.0. The number of thioether (sulfide) groups is 1. The number of carbonyl (C=O) groups is 2. The van der Waals surface area contributed by atoms with Crippen LogP contribution in [0.25, 0.3) is 0 Å². The molecule has 172 valence electrons. The highest BCUT2D eigenvalue weighted by Crippen LogP contribution is 2.13. The van der Waals surface area contributed by atoms with E-state index in [0.29, 0.717) is 12.2 Å². The van der Waals surface area contributed by atoms with Crippen molar-refractivity contribution < 1.29 is 19.1 Å². The summed E-state index contributed by atoms with van der Waals surface area (Å²) in [5.74, 6) is 0.516. The van der Waals surface area contributed by atoms with Crippen molar-refractivity contribution in [2.75, 3.05) is 11.5 Å². The Balaban J connectivity index is 2.28. The van der Waals surface area contributed by atoms with Crippen LogP contribution in [-0.2, 0) is 16.0 Å². The monoisotopic (exact) mass is 447 g/mol. The van der Waals surface area contributed by atoms with Crippen LogP contribution in [0.15, 0.2) is 57.8 Å². The summed E-state index contributed by atoms with van der Waals surface area (Å²) in [6.45, 7) is 8.54. The van der Waals surface area contributed by atoms with Gasteiger partial charge in [0.15, 0.2) is 0 Å². The van der Waals surface area contributed by atoms with Crippen LogP contribution >= 0.6 is 11.8 Å². The van der Waals surface area contributed by atoms with E-state index in [1.54, 1.807) is 18.4 Å². The summed E-state index contributed by atoms with van der Waals surface area (Å²) < 4.78 is 5.19. The molecule has 0 saturated heterocycles. The predicted molar refractivity (Wildman–Crippen MR) is 129 cm³/mol. The Morgan fingerprint density at radius 3 is 2.35 bits per heavy atom. The molecule has 6 heteroatoms.